The number of fused-ring (bicyclic) bond motifs is 1. The second-order valence-electron chi connectivity index (χ2n) is 9.39. The second-order valence-corrected chi connectivity index (χ2v) is 9.39. The lowest BCUT2D eigenvalue weighted by atomic mass is 9.92. The number of piperidine rings is 1. The number of carbonyl (C=O) groups excluding carboxylic acids is 1. The molecule has 0 spiro atoms. The van der Waals surface area contributed by atoms with Gasteiger partial charge in [0, 0.05) is 18.8 Å². The summed E-state index contributed by atoms with van der Waals surface area (Å²) in [6.07, 6.45) is 6.75. The van der Waals surface area contributed by atoms with E-state index in [1.54, 1.807) is 0 Å². The van der Waals surface area contributed by atoms with Crippen molar-refractivity contribution >= 4 is 11.6 Å². The summed E-state index contributed by atoms with van der Waals surface area (Å²) >= 11 is 0. The van der Waals surface area contributed by atoms with E-state index in [1.807, 2.05) is 19.9 Å². The Morgan fingerprint density at radius 2 is 1.68 bits per heavy atom. The van der Waals surface area contributed by atoms with Crippen molar-refractivity contribution in [3.05, 3.63) is 59.2 Å². The first-order chi connectivity index (χ1) is 15.0. The van der Waals surface area contributed by atoms with Crippen LogP contribution in [0.15, 0.2) is 42.5 Å². The lowest BCUT2D eigenvalue weighted by Crippen LogP contribution is -2.37. The Morgan fingerprint density at radius 3 is 2.39 bits per heavy atom. The minimum absolute atomic E-state index is 0.0579. The van der Waals surface area contributed by atoms with E-state index in [1.165, 1.54) is 42.5 Å². The van der Waals surface area contributed by atoms with E-state index in [-0.39, 0.29) is 11.9 Å². The van der Waals surface area contributed by atoms with Crippen LogP contribution in [0, 0.1) is 5.92 Å². The van der Waals surface area contributed by atoms with Crippen LogP contribution < -0.4 is 15.0 Å². The molecule has 2 atom stereocenters. The van der Waals surface area contributed by atoms with Gasteiger partial charge in [-0.05, 0) is 99.2 Å². The number of amides is 1. The van der Waals surface area contributed by atoms with Crippen molar-refractivity contribution in [2.45, 2.75) is 71.4 Å². The molecule has 4 nitrogen and oxygen atoms in total. The Labute approximate surface area is 187 Å². The average Bonchev–Trinajstić information content (AvgIpc) is 2.79. The fourth-order valence-corrected chi connectivity index (χ4v) is 4.70. The molecule has 2 aromatic carbocycles. The molecule has 1 heterocycles. The maximum absolute atomic E-state index is 12.7. The molecule has 1 amide bonds. The van der Waals surface area contributed by atoms with Gasteiger partial charge in [-0.15, -0.1) is 0 Å². The molecule has 1 aliphatic carbocycles. The predicted molar refractivity (Wildman–Crippen MR) is 127 cm³/mol. The molecule has 0 aromatic heterocycles. The van der Waals surface area contributed by atoms with Gasteiger partial charge in [-0.2, -0.15) is 0 Å². The van der Waals surface area contributed by atoms with Crippen LogP contribution in [0.2, 0.25) is 0 Å². The van der Waals surface area contributed by atoms with Crippen molar-refractivity contribution in [3.63, 3.8) is 0 Å². The summed E-state index contributed by atoms with van der Waals surface area (Å²) in [4.78, 5) is 15.2. The third-order valence-electron chi connectivity index (χ3n) is 6.90. The molecule has 4 heteroatoms. The van der Waals surface area contributed by atoms with Crippen molar-refractivity contribution in [2.75, 3.05) is 18.0 Å². The van der Waals surface area contributed by atoms with Crippen LogP contribution in [-0.2, 0) is 17.6 Å². The van der Waals surface area contributed by atoms with Gasteiger partial charge in [-0.3, -0.25) is 4.79 Å². The van der Waals surface area contributed by atoms with Crippen molar-refractivity contribution in [2.24, 2.45) is 5.92 Å². The Balaban J connectivity index is 1.31. The zero-order valence-corrected chi connectivity index (χ0v) is 19.2. The molecule has 0 radical (unpaired) electrons. The molecule has 1 aliphatic heterocycles. The molecule has 31 heavy (non-hydrogen) atoms. The number of hydrogen-bond donors (Lipinski definition) is 1. The fourth-order valence-electron chi connectivity index (χ4n) is 4.70. The number of nitrogens with zero attached hydrogens (tertiary/aromatic N) is 1. The van der Waals surface area contributed by atoms with Crippen LogP contribution >= 0.6 is 0 Å². The largest absolute Gasteiger partial charge is 0.481 e. The number of rotatable bonds is 6. The molecule has 4 rings (SSSR count). The van der Waals surface area contributed by atoms with E-state index >= 15 is 0 Å². The van der Waals surface area contributed by atoms with Crippen LogP contribution in [0.3, 0.4) is 0 Å². The van der Waals surface area contributed by atoms with Gasteiger partial charge in [0.25, 0.3) is 5.91 Å². The van der Waals surface area contributed by atoms with E-state index in [2.05, 4.69) is 53.5 Å². The maximum atomic E-state index is 12.7. The minimum Gasteiger partial charge on any atom is -0.481 e. The molecule has 0 saturated carbocycles. The smallest absolute Gasteiger partial charge is 0.261 e. The first-order valence-electron chi connectivity index (χ1n) is 11.9. The summed E-state index contributed by atoms with van der Waals surface area (Å²) < 4.78 is 5.97. The fraction of sp³-hybridized carbons (Fsp3) is 0.519. The number of carbonyl (C=O) groups is 1. The minimum atomic E-state index is -0.529. The van der Waals surface area contributed by atoms with Crippen molar-refractivity contribution in [1.82, 2.24) is 5.32 Å². The third-order valence-corrected chi connectivity index (χ3v) is 6.90. The highest BCUT2D eigenvalue weighted by molar-refractivity contribution is 5.81. The van der Waals surface area contributed by atoms with Crippen LogP contribution in [0.1, 0.15) is 69.2 Å². The van der Waals surface area contributed by atoms with Crippen molar-refractivity contribution in [3.8, 4) is 5.75 Å². The predicted octanol–water partition coefficient (Wildman–Crippen LogP) is 5.45. The monoisotopic (exact) mass is 420 g/mol. The van der Waals surface area contributed by atoms with Gasteiger partial charge < -0.3 is 15.0 Å². The third kappa shape index (κ3) is 5.41. The number of hydrogen-bond acceptors (Lipinski definition) is 3. The first-order valence-corrected chi connectivity index (χ1v) is 11.9. The molecule has 0 unspecified atom stereocenters. The van der Waals surface area contributed by atoms with E-state index < -0.39 is 6.10 Å². The summed E-state index contributed by atoms with van der Waals surface area (Å²) in [5, 5.41) is 3.11. The summed E-state index contributed by atoms with van der Waals surface area (Å²) in [6, 6.07) is 14.8. The summed E-state index contributed by atoms with van der Waals surface area (Å²) in [5.74, 6) is 1.53. The molecule has 2 aliphatic rings. The average molecular weight is 421 g/mol. The summed E-state index contributed by atoms with van der Waals surface area (Å²) in [7, 11) is 0. The lowest BCUT2D eigenvalue weighted by Gasteiger charge is -2.32. The van der Waals surface area contributed by atoms with Gasteiger partial charge in [0.1, 0.15) is 5.75 Å². The Kier molecular flexibility index (Phi) is 6.84. The second kappa shape index (κ2) is 9.76. The van der Waals surface area contributed by atoms with Gasteiger partial charge >= 0.3 is 0 Å². The number of nitrogens with one attached hydrogen (secondary N) is 1. The van der Waals surface area contributed by atoms with Crippen LogP contribution in [0.4, 0.5) is 5.69 Å². The van der Waals surface area contributed by atoms with Gasteiger partial charge in [0.05, 0.1) is 6.04 Å². The molecule has 166 valence electrons. The molecular weight excluding hydrogens is 384 g/mol. The van der Waals surface area contributed by atoms with Gasteiger partial charge in [-0.1, -0.05) is 25.1 Å². The Bertz CT molecular complexity index is 885. The van der Waals surface area contributed by atoms with Crippen molar-refractivity contribution in [1.29, 1.82) is 0 Å². The Morgan fingerprint density at radius 1 is 1.00 bits per heavy atom. The standard InChI is InChI=1S/C27H36N2O2/c1-19-14-16-29(17-15-19)25-11-8-22(9-12-25)20(2)28-27(30)21(3)31-26-13-10-23-6-4-5-7-24(23)18-26/h8-13,18-21H,4-7,14-17H2,1-3H3,(H,28,30)/t20-,21-/m1/s1. The highest BCUT2D eigenvalue weighted by Gasteiger charge is 2.20. The zero-order chi connectivity index (χ0) is 21.8. The Hall–Kier alpha value is -2.49. The summed E-state index contributed by atoms with van der Waals surface area (Å²) in [6.45, 7) is 8.44. The quantitative estimate of drug-likeness (QED) is 0.676. The van der Waals surface area contributed by atoms with E-state index in [0.717, 1.165) is 43.2 Å². The van der Waals surface area contributed by atoms with E-state index in [4.69, 9.17) is 4.74 Å². The lowest BCUT2D eigenvalue weighted by molar-refractivity contribution is -0.127. The van der Waals surface area contributed by atoms with Gasteiger partial charge in [0.2, 0.25) is 0 Å². The van der Waals surface area contributed by atoms with Crippen LogP contribution in [0.5, 0.6) is 5.75 Å². The number of aryl methyl sites for hydroxylation is 2. The zero-order valence-electron chi connectivity index (χ0n) is 19.2. The van der Waals surface area contributed by atoms with Gasteiger partial charge in [-0.25, -0.2) is 0 Å². The number of anilines is 1. The molecule has 0 bridgehead atoms. The maximum Gasteiger partial charge on any atom is 0.261 e. The summed E-state index contributed by atoms with van der Waals surface area (Å²) in [5.41, 5.74) is 5.18. The number of ether oxygens (including phenoxy) is 1. The highest BCUT2D eigenvalue weighted by atomic mass is 16.5. The van der Waals surface area contributed by atoms with Crippen LogP contribution in [0.25, 0.3) is 0 Å². The molecule has 2 aromatic rings. The molecule has 1 fully saturated rings. The van der Waals surface area contributed by atoms with E-state index in [9.17, 15) is 4.79 Å². The SMILES string of the molecule is CC1CCN(c2ccc([C@@H](C)NC(=O)[C@@H](C)Oc3ccc4c(c3)CCCC4)cc2)CC1. The first kappa shape index (κ1) is 21.7. The topological polar surface area (TPSA) is 41.6 Å². The highest BCUT2D eigenvalue weighted by Crippen LogP contribution is 2.27. The van der Waals surface area contributed by atoms with Gasteiger partial charge in [0.15, 0.2) is 6.10 Å². The van der Waals surface area contributed by atoms with Crippen LogP contribution in [-0.4, -0.2) is 25.1 Å². The van der Waals surface area contributed by atoms with Crippen molar-refractivity contribution < 1.29 is 9.53 Å². The number of benzene rings is 2. The molecule has 1 N–H and O–H groups in total. The van der Waals surface area contributed by atoms with E-state index in [0.29, 0.717) is 0 Å². The molecular formula is C27H36N2O2. The normalized spacial score (nSPS) is 18.7. The molecule has 1 saturated heterocycles.